The van der Waals surface area contributed by atoms with Crippen molar-refractivity contribution >= 4 is 11.6 Å². The van der Waals surface area contributed by atoms with Crippen LogP contribution in [0, 0.1) is 5.41 Å². The van der Waals surface area contributed by atoms with Gasteiger partial charge in [0.1, 0.15) is 6.61 Å². The summed E-state index contributed by atoms with van der Waals surface area (Å²) in [5.41, 5.74) is 6.95. The Morgan fingerprint density at radius 2 is 1.85 bits per heavy atom. The molecule has 1 heterocycles. The molecule has 0 aliphatic heterocycles. The van der Waals surface area contributed by atoms with Gasteiger partial charge in [0, 0.05) is 30.7 Å². The molecule has 1 amide bonds. The Labute approximate surface area is 154 Å². The summed E-state index contributed by atoms with van der Waals surface area (Å²) in [5, 5.41) is 2.96. The van der Waals surface area contributed by atoms with Crippen molar-refractivity contribution in [2.45, 2.75) is 33.3 Å². The SMILES string of the molecule is CCC(CC)(CN)C(=O)Nc1ccc(OC)c(OCc2ccncc2)c1. The van der Waals surface area contributed by atoms with Crippen molar-refractivity contribution in [1.29, 1.82) is 0 Å². The average molecular weight is 357 g/mol. The highest BCUT2D eigenvalue weighted by molar-refractivity contribution is 5.95. The zero-order chi connectivity index (χ0) is 19.0. The minimum absolute atomic E-state index is 0.0738. The number of ether oxygens (including phenoxy) is 2. The number of carbonyl (C=O) groups excluding carboxylic acids is 1. The van der Waals surface area contributed by atoms with E-state index < -0.39 is 5.41 Å². The van der Waals surface area contributed by atoms with Gasteiger partial charge in [0.15, 0.2) is 11.5 Å². The number of nitrogens with zero attached hydrogens (tertiary/aromatic N) is 1. The van der Waals surface area contributed by atoms with E-state index >= 15 is 0 Å². The van der Waals surface area contributed by atoms with Crippen LogP contribution >= 0.6 is 0 Å². The number of methoxy groups -OCH3 is 1. The van der Waals surface area contributed by atoms with Crippen LogP contribution in [0.2, 0.25) is 0 Å². The van der Waals surface area contributed by atoms with Crippen LogP contribution in [-0.2, 0) is 11.4 Å². The van der Waals surface area contributed by atoms with E-state index in [-0.39, 0.29) is 5.91 Å². The van der Waals surface area contributed by atoms with Gasteiger partial charge in [-0.3, -0.25) is 9.78 Å². The molecule has 0 bridgehead atoms. The van der Waals surface area contributed by atoms with Crippen molar-refractivity contribution in [2.75, 3.05) is 19.0 Å². The van der Waals surface area contributed by atoms with Crippen LogP contribution < -0.4 is 20.5 Å². The van der Waals surface area contributed by atoms with Crippen LogP contribution in [-0.4, -0.2) is 24.5 Å². The first-order valence-electron chi connectivity index (χ1n) is 8.79. The van der Waals surface area contributed by atoms with Gasteiger partial charge in [-0.1, -0.05) is 13.8 Å². The van der Waals surface area contributed by atoms with Crippen molar-refractivity contribution in [1.82, 2.24) is 4.98 Å². The predicted molar refractivity (Wildman–Crippen MR) is 102 cm³/mol. The fourth-order valence-corrected chi connectivity index (χ4v) is 2.72. The second-order valence-corrected chi connectivity index (χ2v) is 6.16. The number of hydrogen-bond donors (Lipinski definition) is 2. The summed E-state index contributed by atoms with van der Waals surface area (Å²) < 4.78 is 11.2. The molecule has 26 heavy (non-hydrogen) atoms. The van der Waals surface area contributed by atoms with Gasteiger partial charge in [-0.15, -0.1) is 0 Å². The van der Waals surface area contributed by atoms with Crippen molar-refractivity contribution in [3.8, 4) is 11.5 Å². The highest BCUT2D eigenvalue weighted by atomic mass is 16.5. The minimum Gasteiger partial charge on any atom is -0.493 e. The van der Waals surface area contributed by atoms with Gasteiger partial charge in [0.2, 0.25) is 5.91 Å². The highest BCUT2D eigenvalue weighted by Gasteiger charge is 2.33. The summed E-state index contributed by atoms with van der Waals surface area (Å²) in [5.74, 6) is 1.09. The number of hydrogen-bond acceptors (Lipinski definition) is 5. The molecular formula is C20H27N3O3. The molecule has 140 valence electrons. The first kappa shape index (κ1) is 19.7. The van der Waals surface area contributed by atoms with Crippen LogP contribution in [0.15, 0.2) is 42.7 Å². The monoisotopic (exact) mass is 357 g/mol. The Kier molecular flexibility index (Phi) is 6.97. The number of amides is 1. The van der Waals surface area contributed by atoms with E-state index in [2.05, 4.69) is 10.3 Å². The molecule has 6 heteroatoms. The van der Waals surface area contributed by atoms with Gasteiger partial charge >= 0.3 is 0 Å². The summed E-state index contributed by atoms with van der Waals surface area (Å²) in [6.07, 6.45) is 4.81. The van der Waals surface area contributed by atoms with Crippen molar-refractivity contribution < 1.29 is 14.3 Å². The molecule has 0 unspecified atom stereocenters. The summed E-state index contributed by atoms with van der Waals surface area (Å²) in [4.78, 5) is 16.7. The molecule has 0 radical (unpaired) electrons. The third-order valence-electron chi connectivity index (χ3n) is 4.79. The number of nitrogens with one attached hydrogen (secondary N) is 1. The molecule has 1 aromatic heterocycles. The Balaban J connectivity index is 2.16. The van der Waals surface area contributed by atoms with Gasteiger partial charge in [0.05, 0.1) is 12.5 Å². The molecule has 0 spiro atoms. The average Bonchev–Trinajstić information content (AvgIpc) is 2.69. The van der Waals surface area contributed by atoms with Crippen LogP contribution in [0.3, 0.4) is 0 Å². The number of nitrogens with two attached hydrogens (primary N) is 1. The molecular weight excluding hydrogens is 330 g/mol. The maximum atomic E-state index is 12.7. The molecule has 0 saturated heterocycles. The summed E-state index contributed by atoms with van der Waals surface area (Å²) in [7, 11) is 1.58. The quantitative estimate of drug-likeness (QED) is 0.718. The van der Waals surface area contributed by atoms with Gasteiger partial charge in [-0.2, -0.15) is 0 Å². The zero-order valence-electron chi connectivity index (χ0n) is 15.6. The van der Waals surface area contributed by atoms with Crippen molar-refractivity contribution in [3.63, 3.8) is 0 Å². The normalized spacial score (nSPS) is 11.1. The number of pyridine rings is 1. The lowest BCUT2D eigenvalue weighted by Crippen LogP contribution is -2.41. The maximum absolute atomic E-state index is 12.7. The molecule has 0 fully saturated rings. The molecule has 3 N–H and O–H groups in total. The van der Waals surface area contributed by atoms with Crippen LogP contribution in [0.25, 0.3) is 0 Å². The van der Waals surface area contributed by atoms with Crippen molar-refractivity contribution in [2.24, 2.45) is 11.1 Å². The van der Waals surface area contributed by atoms with E-state index in [9.17, 15) is 4.79 Å². The van der Waals surface area contributed by atoms with Crippen LogP contribution in [0.1, 0.15) is 32.3 Å². The molecule has 0 atom stereocenters. The molecule has 2 rings (SSSR count). The molecule has 0 aliphatic rings. The third kappa shape index (κ3) is 4.52. The molecule has 0 aliphatic carbocycles. The highest BCUT2D eigenvalue weighted by Crippen LogP contribution is 2.32. The molecule has 1 aromatic carbocycles. The number of carbonyl (C=O) groups is 1. The number of aromatic nitrogens is 1. The van der Waals surface area contributed by atoms with Gasteiger partial charge in [-0.25, -0.2) is 0 Å². The Bertz CT molecular complexity index is 707. The molecule has 2 aromatic rings. The second kappa shape index (κ2) is 9.20. The largest absolute Gasteiger partial charge is 0.493 e. The lowest BCUT2D eigenvalue weighted by molar-refractivity contribution is -0.125. The molecule has 6 nitrogen and oxygen atoms in total. The van der Waals surface area contributed by atoms with Crippen molar-refractivity contribution in [3.05, 3.63) is 48.3 Å². The Morgan fingerprint density at radius 1 is 1.15 bits per heavy atom. The molecule has 0 saturated carbocycles. The Morgan fingerprint density at radius 3 is 2.42 bits per heavy atom. The lowest BCUT2D eigenvalue weighted by Gasteiger charge is -2.28. The maximum Gasteiger partial charge on any atom is 0.231 e. The van der Waals surface area contributed by atoms with E-state index in [0.717, 1.165) is 5.56 Å². The third-order valence-corrected chi connectivity index (χ3v) is 4.79. The van der Waals surface area contributed by atoms with E-state index in [4.69, 9.17) is 15.2 Å². The Hall–Kier alpha value is -2.60. The van der Waals surface area contributed by atoms with Gasteiger partial charge < -0.3 is 20.5 Å². The van der Waals surface area contributed by atoms with E-state index in [1.54, 1.807) is 37.7 Å². The summed E-state index contributed by atoms with van der Waals surface area (Å²) >= 11 is 0. The summed E-state index contributed by atoms with van der Waals surface area (Å²) in [6.45, 7) is 4.65. The minimum atomic E-state index is -0.558. The van der Waals surface area contributed by atoms with Gasteiger partial charge in [0.25, 0.3) is 0 Å². The zero-order valence-corrected chi connectivity index (χ0v) is 15.6. The second-order valence-electron chi connectivity index (χ2n) is 6.16. The topological polar surface area (TPSA) is 86.5 Å². The number of benzene rings is 1. The summed E-state index contributed by atoms with van der Waals surface area (Å²) in [6, 6.07) is 9.11. The van der Waals surface area contributed by atoms with Crippen LogP contribution in [0.4, 0.5) is 5.69 Å². The van der Waals surface area contributed by atoms with E-state index in [1.807, 2.05) is 26.0 Å². The van der Waals surface area contributed by atoms with Gasteiger partial charge in [-0.05, 0) is 42.7 Å². The fourth-order valence-electron chi connectivity index (χ4n) is 2.72. The number of anilines is 1. The van der Waals surface area contributed by atoms with E-state index in [1.165, 1.54) is 0 Å². The number of rotatable bonds is 9. The standard InChI is InChI=1S/C20H27N3O3/c1-4-20(5-2,14-21)19(24)23-16-6-7-17(25-3)18(12-16)26-13-15-8-10-22-11-9-15/h6-12H,4-5,13-14,21H2,1-3H3,(H,23,24). The van der Waals surface area contributed by atoms with Crippen LogP contribution in [0.5, 0.6) is 11.5 Å². The lowest BCUT2D eigenvalue weighted by atomic mass is 9.81. The predicted octanol–water partition coefficient (Wildman–Crippen LogP) is 3.37. The van der Waals surface area contributed by atoms with E-state index in [0.29, 0.717) is 43.2 Å². The smallest absolute Gasteiger partial charge is 0.231 e. The first-order chi connectivity index (χ1) is 12.6. The fraction of sp³-hybridized carbons (Fsp3) is 0.400. The first-order valence-corrected chi connectivity index (χ1v) is 8.79.